The average molecular weight is 274 g/mol. The number of hydrogen-bond acceptors (Lipinski definition) is 3. The topological polar surface area (TPSA) is 75.3 Å². The Labute approximate surface area is 116 Å². The Morgan fingerprint density at radius 3 is 2.20 bits per heavy atom. The lowest BCUT2D eigenvalue weighted by molar-refractivity contribution is -0.122. The molecular formula is C15H15FN2O2. The number of anilines is 1. The molecule has 2 aromatic rings. The normalized spacial score (nSPS) is 13.5. The first-order valence-electron chi connectivity index (χ1n) is 6.05. The van der Waals surface area contributed by atoms with Gasteiger partial charge in [0.2, 0.25) is 5.91 Å². The highest BCUT2D eigenvalue weighted by atomic mass is 19.1. The molecule has 0 saturated heterocycles. The Bertz CT molecular complexity index is 611. The zero-order chi connectivity index (χ0) is 14.8. The van der Waals surface area contributed by atoms with Gasteiger partial charge in [-0.1, -0.05) is 12.1 Å². The van der Waals surface area contributed by atoms with Crippen LogP contribution in [0.1, 0.15) is 12.5 Å². The molecule has 0 bridgehead atoms. The largest absolute Gasteiger partial charge is 0.508 e. The molecule has 0 aliphatic heterocycles. The molecule has 0 aliphatic rings. The average Bonchev–Trinajstić information content (AvgIpc) is 2.42. The first-order valence-corrected chi connectivity index (χ1v) is 6.05. The summed E-state index contributed by atoms with van der Waals surface area (Å²) in [6.45, 7) is 1.63. The van der Waals surface area contributed by atoms with E-state index in [0.29, 0.717) is 11.3 Å². The summed E-state index contributed by atoms with van der Waals surface area (Å²) >= 11 is 0. The van der Waals surface area contributed by atoms with Crippen LogP contribution in [0.25, 0.3) is 0 Å². The Hall–Kier alpha value is -2.56. The standard InChI is InChI=1S/C15H15FN2O2/c1-15(14(17)20,10-2-8-13(19)9-3-10)18-12-6-4-11(16)5-7-12/h2-9,18-19H,1H3,(H2,17,20). The fourth-order valence-corrected chi connectivity index (χ4v) is 1.89. The molecule has 4 N–H and O–H groups in total. The van der Waals surface area contributed by atoms with Gasteiger partial charge < -0.3 is 16.2 Å². The Morgan fingerprint density at radius 1 is 1.15 bits per heavy atom. The predicted molar refractivity (Wildman–Crippen MR) is 74.7 cm³/mol. The van der Waals surface area contributed by atoms with E-state index in [1.807, 2.05) is 0 Å². The molecular weight excluding hydrogens is 259 g/mol. The minimum atomic E-state index is -1.16. The van der Waals surface area contributed by atoms with Crippen molar-refractivity contribution >= 4 is 11.6 Å². The summed E-state index contributed by atoms with van der Waals surface area (Å²) in [5.74, 6) is -0.837. The van der Waals surface area contributed by atoms with Crippen molar-refractivity contribution in [2.24, 2.45) is 5.73 Å². The van der Waals surface area contributed by atoms with Gasteiger partial charge in [0, 0.05) is 5.69 Å². The van der Waals surface area contributed by atoms with Crippen LogP contribution in [0, 0.1) is 5.82 Å². The Balaban J connectivity index is 2.37. The van der Waals surface area contributed by atoms with Gasteiger partial charge in [-0.2, -0.15) is 0 Å². The fraction of sp³-hybridized carbons (Fsp3) is 0.133. The maximum Gasteiger partial charge on any atom is 0.247 e. The van der Waals surface area contributed by atoms with Gasteiger partial charge in [-0.05, 0) is 48.9 Å². The third-order valence-corrected chi connectivity index (χ3v) is 3.18. The summed E-state index contributed by atoms with van der Waals surface area (Å²) in [6.07, 6.45) is 0. The van der Waals surface area contributed by atoms with Crippen molar-refractivity contribution in [3.05, 3.63) is 59.9 Å². The number of benzene rings is 2. The number of halogens is 1. The van der Waals surface area contributed by atoms with Gasteiger partial charge in [-0.3, -0.25) is 4.79 Å². The van der Waals surface area contributed by atoms with Crippen LogP contribution in [0.4, 0.5) is 10.1 Å². The van der Waals surface area contributed by atoms with Crippen LogP contribution >= 0.6 is 0 Å². The minimum Gasteiger partial charge on any atom is -0.508 e. The number of nitrogens with one attached hydrogen (secondary N) is 1. The predicted octanol–water partition coefficient (Wildman–Crippen LogP) is 2.34. The van der Waals surface area contributed by atoms with Crippen LogP contribution < -0.4 is 11.1 Å². The molecule has 20 heavy (non-hydrogen) atoms. The molecule has 0 fully saturated rings. The van der Waals surface area contributed by atoms with E-state index in [4.69, 9.17) is 5.73 Å². The van der Waals surface area contributed by atoms with E-state index in [1.165, 1.54) is 36.4 Å². The number of amides is 1. The molecule has 0 saturated carbocycles. The van der Waals surface area contributed by atoms with Crippen molar-refractivity contribution in [2.75, 3.05) is 5.32 Å². The summed E-state index contributed by atoms with van der Waals surface area (Å²) in [5, 5.41) is 12.3. The molecule has 1 unspecified atom stereocenters. The quantitative estimate of drug-likeness (QED) is 0.801. The fourth-order valence-electron chi connectivity index (χ4n) is 1.89. The van der Waals surface area contributed by atoms with E-state index in [2.05, 4.69) is 5.32 Å². The van der Waals surface area contributed by atoms with Crippen molar-refractivity contribution in [2.45, 2.75) is 12.5 Å². The molecule has 5 heteroatoms. The number of nitrogens with two attached hydrogens (primary N) is 1. The number of hydrogen-bond donors (Lipinski definition) is 3. The third kappa shape index (κ3) is 2.71. The first-order chi connectivity index (χ1) is 9.41. The summed E-state index contributed by atoms with van der Waals surface area (Å²) in [6, 6.07) is 11.8. The number of aromatic hydroxyl groups is 1. The molecule has 4 nitrogen and oxygen atoms in total. The van der Waals surface area contributed by atoms with Crippen LogP contribution in [0.2, 0.25) is 0 Å². The lowest BCUT2D eigenvalue weighted by Crippen LogP contribution is -2.45. The van der Waals surface area contributed by atoms with Gasteiger partial charge in [0.25, 0.3) is 0 Å². The summed E-state index contributed by atoms with van der Waals surface area (Å²) in [5.41, 5.74) is 5.49. The van der Waals surface area contributed by atoms with E-state index < -0.39 is 11.4 Å². The highest BCUT2D eigenvalue weighted by Gasteiger charge is 2.33. The SMILES string of the molecule is CC(Nc1ccc(F)cc1)(C(N)=O)c1ccc(O)cc1. The molecule has 0 aliphatic carbocycles. The Kier molecular flexibility index (Phi) is 3.61. The molecule has 104 valence electrons. The number of primary amides is 1. The second kappa shape index (κ2) is 5.21. The zero-order valence-electron chi connectivity index (χ0n) is 10.9. The molecule has 0 heterocycles. The maximum absolute atomic E-state index is 12.9. The van der Waals surface area contributed by atoms with E-state index in [0.717, 1.165) is 0 Å². The van der Waals surface area contributed by atoms with Crippen LogP contribution in [-0.2, 0) is 10.3 Å². The van der Waals surface area contributed by atoms with Gasteiger partial charge in [0.1, 0.15) is 17.1 Å². The van der Waals surface area contributed by atoms with Gasteiger partial charge in [-0.15, -0.1) is 0 Å². The van der Waals surface area contributed by atoms with Gasteiger partial charge in [0.05, 0.1) is 0 Å². The lowest BCUT2D eigenvalue weighted by atomic mass is 9.90. The highest BCUT2D eigenvalue weighted by molar-refractivity contribution is 5.89. The first kappa shape index (κ1) is 13.9. The van der Waals surface area contributed by atoms with Crippen LogP contribution in [0.5, 0.6) is 5.75 Å². The number of rotatable bonds is 4. The van der Waals surface area contributed by atoms with E-state index in [1.54, 1.807) is 19.1 Å². The van der Waals surface area contributed by atoms with Crippen molar-refractivity contribution in [3.63, 3.8) is 0 Å². The minimum absolute atomic E-state index is 0.0994. The zero-order valence-corrected chi connectivity index (χ0v) is 10.9. The molecule has 0 aromatic heterocycles. The number of carbonyl (C=O) groups excluding carboxylic acids is 1. The van der Waals surface area contributed by atoms with Crippen LogP contribution in [0.15, 0.2) is 48.5 Å². The maximum atomic E-state index is 12.9. The van der Waals surface area contributed by atoms with Crippen molar-refractivity contribution in [3.8, 4) is 5.75 Å². The van der Waals surface area contributed by atoms with E-state index >= 15 is 0 Å². The van der Waals surface area contributed by atoms with Crippen molar-refractivity contribution < 1.29 is 14.3 Å². The molecule has 0 radical (unpaired) electrons. The van der Waals surface area contributed by atoms with Gasteiger partial charge in [-0.25, -0.2) is 4.39 Å². The summed E-state index contributed by atoms with van der Waals surface area (Å²) < 4.78 is 12.9. The van der Waals surface area contributed by atoms with Crippen molar-refractivity contribution in [1.82, 2.24) is 0 Å². The molecule has 0 spiro atoms. The number of carbonyl (C=O) groups is 1. The smallest absolute Gasteiger partial charge is 0.247 e. The third-order valence-electron chi connectivity index (χ3n) is 3.18. The second-order valence-electron chi connectivity index (χ2n) is 4.67. The van der Waals surface area contributed by atoms with Crippen LogP contribution in [-0.4, -0.2) is 11.0 Å². The summed E-state index contributed by atoms with van der Waals surface area (Å²) in [4.78, 5) is 11.8. The number of phenolic OH excluding ortho intramolecular Hbond substituents is 1. The monoisotopic (exact) mass is 274 g/mol. The highest BCUT2D eigenvalue weighted by Crippen LogP contribution is 2.27. The van der Waals surface area contributed by atoms with Crippen molar-refractivity contribution in [1.29, 1.82) is 0 Å². The van der Waals surface area contributed by atoms with Crippen LogP contribution in [0.3, 0.4) is 0 Å². The Morgan fingerprint density at radius 2 is 1.70 bits per heavy atom. The molecule has 2 aromatic carbocycles. The molecule has 1 atom stereocenters. The molecule has 1 amide bonds. The van der Waals surface area contributed by atoms with Gasteiger partial charge >= 0.3 is 0 Å². The molecule has 2 rings (SSSR count). The van der Waals surface area contributed by atoms with Gasteiger partial charge in [0.15, 0.2) is 0 Å². The number of phenols is 1. The summed E-state index contributed by atoms with van der Waals surface area (Å²) in [7, 11) is 0. The second-order valence-corrected chi connectivity index (χ2v) is 4.67. The lowest BCUT2D eigenvalue weighted by Gasteiger charge is -2.29. The van der Waals surface area contributed by atoms with E-state index in [-0.39, 0.29) is 11.6 Å². The van der Waals surface area contributed by atoms with E-state index in [9.17, 15) is 14.3 Å².